The normalized spacial score (nSPS) is 20.1. The van der Waals surface area contributed by atoms with Crippen LogP contribution < -0.4 is 15.4 Å². The van der Waals surface area contributed by atoms with Crippen LogP contribution in [0.3, 0.4) is 0 Å². The number of nitrogens with one attached hydrogen (secondary N) is 3. The lowest BCUT2D eigenvalue weighted by Gasteiger charge is -2.38. The summed E-state index contributed by atoms with van der Waals surface area (Å²) in [7, 11) is -1.69. The van der Waals surface area contributed by atoms with Crippen LogP contribution >= 0.6 is 35.3 Å². The maximum Gasteiger partial charge on any atom is 0.250 e. The standard InChI is InChI=1S/C21H31N5O2S2.HI/c1-17-15-19(10-13-26(17)16-18-7-4-3-5-8-18)25-21(22-2)23-11-12-24-30(27,28)20-9-6-14-29-20;/h3-9,14,17,19,24H,10-13,15-16H2,1-2H3,(H2,22,23,25);1H. The smallest absolute Gasteiger partial charge is 0.250 e. The third-order valence-corrected chi connectivity index (χ3v) is 8.13. The Balaban J connectivity index is 0.00000341. The lowest BCUT2D eigenvalue weighted by atomic mass is 9.97. The van der Waals surface area contributed by atoms with Gasteiger partial charge in [-0.15, -0.1) is 35.3 Å². The molecule has 2 aromatic rings. The minimum Gasteiger partial charge on any atom is -0.355 e. The average Bonchev–Trinajstić information content (AvgIpc) is 3.29. The predicted molar refractivity (Wildman–Crippen MR) is 139 cm³/mol. The molecule has 0 aliphatic carbocycles. The number of halogens is 1. The maximum absolute atomic E-state index is 12.1. The Bertz CT molecular complexity index is 907. The van der Waals surface area contributed by atoms with Gasteiger partial charge in [-0.3, -0.25) is 9.89 Å². The van der Waals surface area contributed by atoms with Gasteiger partial charge in [0.2, 0.25) is 10.0 Å². The molecule has 31 heavy (non-hydrogen) atoms. The first-order valence-corrected chi connectivity index (χ1v) is 12.6. The molecule has 2 atom stereocenters. The van der Waals surface area contributed by atoms with E-state index in [1.54, 1.807) is 24.6 Å². The Morgan fingerprint density at radius 2 is 1.97 bits per heavy atom. The van der Waals surface area contributed by atoms with Crippen molar-refractivity contribution in [1.29, 1.82) is 0 Å². The molecule has 1 aliphatic rings. The Morgan fingerprint density at radius 3 is 2.61 bits per heavy atom. The number of thiophene rings is 1. The average molecular weight is 578 g/mol. The third kappa shape index (κ3) is 8.01. The minimum atomic E-state index is -3.43. The lowest BCUT2D eigenvalue weighted by molar-refractivity contribution is 0.134. The van der Waals surface area contributed by atoms with Gasteiger partial charge in [0.25, 0.3) is 0 Å². The summed E-state index contributed by atoms with van der Waals surface area (Å²) >= 11 is 1.21. The van der Waals surface area contributed by atoms with Crippen molar-refractivity contribution in [3.05, 3.63) is 53.4 Å². The SMILES string of the molecule is CN=C(NCCNS(=O)(=O)c1cccs1)NC1CCN(Cc2ccccc2)C(C)C1.I. The van der Waals surface area contributed by atoms with Gasteiger partial charge in [0.05, 0.1) is 0 Å². The molecule has 10 heteroatoms. The minimum absolute atomic E-state index is 0. The molecule has 2 heterocycles. The van der Waals surface area contributed by atoms with E-state index in [9.17, 15) is 8.42 Å². The highest BCUT2D eigenvalue weighted by Crippen LogP contribution is 2.20. The van der Waals surface area contributed by atoms with Crippen LogP contribution in [0.4, 0.5) is 0 Å². The van der Waals surface area contributed by atoms with E-state index >= 15 is 0 Å². The quantitative estimate of drug-likeness (QED) is 0.195. The Morgan fingerprint density at radius 1 is 1.19 bits per heavy atom. The van der Waals surface area contributed by atoms with Gasteiger partial charge in [-0.25, -0.2) is 13.1 Å². The number of sulfonamides is 1. The fraction of sp³-hybridized carbons (Fsp3) is 0.476. The van der Waals surface area contributed by atoms with Crippen LogP contribution in [0.25, 0.3) is 0 Å². The second kappa shape index (κ2) is 12.7. The molecule has 3 N–H and O–H groups in total. The molecule has 0 amide bonds. The van der Waals surface area contributed by atoms with Crippen molar-refractivity contribution in [1.82, 2.24) is 20.3 Å². The van der Waals surface area contributed by atoms with E-state index in [1.165, 1.54) is 16.9 Å². The molecule has 172 valence electrons. The Kier molecular flexibility index (Phi) is 10.7. The van der Waals surface area contributed by atoms with Crippen LogP contribution in [0.2, 0.25) is 0 Å². The number of guanidine groups is 1. The first-order chi connectivity index (χ1) is 14.5. The summed E-state index contributed by atoms with van der Waals surface area (Å²) in [6.07, 6.45) is 2.08. The molecule has 0 radical (unpaired) electrons. The summed E-state index contributed by atoms with van der Waals surface area (Å²) < 4.78 is 27.2. The maximum atomic E-state index is 12.1. The highest BCUT2D eigenvalue weighted by Gasteiger charge is 2.26. The summed E-state index contributed by atoms with van der Waals surface area (Å²) in [6, 6.07) is 14.7. The molecule has 0 saturated carbocycles. The summed E-state index contributed by atoms with van der Waals surface area (Å²) in [4.78, 5) is 6.80. The highest BCUT2D eigenvalue weighted by molar-refractivity contribution is 14.0. The van der Waals surface area contributed by atoms with Crippen molar-refractivity contribution in [2.45, 2.75) is 42.6 Å². The topological polar surface area (TPSA) is 85.8 Å². The van der Waals surface area contributed by atoms with Crippen molar-refractivity contribution in [2.24, 2.45) is 4.99 Å². The molecule has 0 spiro atoms. The van der Waals surface area contributed by atoms with Gasteiger partial charge >= 0.3 is 0 Å². The van der Waals surface area contributed by atoms with Crippen molar-refractivity contribution < 1.29 is 8.42 Å². The highest BCUT2D eigenvalue weighted by atomic mass is 127. The summed E-state index contributed by atoms with van der Waals surface area (Å²) in [5, 5.41) is 8.44. The molecule has 1 aromatic heterocycles. The van der Waals surface area contributed by atoms with Crippen molar-refractivity contribution in [3.8, 4) is 0 Å². The zero-order valence-electron chi connectivity index (χ0n) is 18.0. The zero-order chi connectivity index (χ0) is 21.4. The van der Waals surface area contributed by atoms with Gasteiger partial charge in [0.1, 0.15) is 4.21 Å². The fourth-order valence-corrected chi connectivity index (χ4v) is 5.72. The molecular formula is C21H32IN5O2S2. The zero-order valence-corrected chi connectivity index (χ0v) is 21.9. The van der Waals surface area contributed by atoms with Gasteiger partial charge in [0, 0.05) is 45.3 Å². The molecule has 1 aromatic carbocycles. The molecule has 3 rings (SSSR count). The van der Waals surface area contributed by atoms with Crippen LogP contribution in [-0.4, -0.2) is 58.0 Å². The van der Waals surface area contributed by atoms with E-state index in [2.05, 4.69) is 62.5 Å². The number of aliphatic imine (C=N–C) groups is 1. The van der Waals surface area contributed by atoms with Crippen LogP contribution in [0.5, 0.6) is 0 Å². The molecule has 1 aliphatic heterocycles. The van der Waals surface area contributed by atoms with E-state index in [0.29, 0.717) is 35.3 Å². The van der Waals surface area contributed by atoms with Gasteiger partial charge in [-0.1, -0.05) is 36.4 Å². The van der Waals surface area contributed by atoms with Crippen molar-refractivity contribution in [2.75, 3.05) is 26.7 Å². The van der Waals surface area contributed by atoms with Crippen molar-refractivity contribution in [3.63, 3.8) is 0 Å². The predicted octanol–water partition coefficient (Wildman–Crippen LogP) is 2.86. The van der Waals surface area contributed by atoms with E-state index in [1.807, 2.05) is 0 Å². The second-order valence-corrected chi connectivity index (χ2v) is 10.4. The number of nitrogens with zero attached hydrogens (tertiary/aromatic N) is 2. The first-order valence-electron chi connectivity index (χ1n) is 10.3. The fourth-order valence-electron chi connectivity index (χ4n) is 3.65. The lowest BCUT2D eigenvalue weighted by Crippen LogP contribution is -2.51. The van der Waals surface area contributed by atoms with Gasteiger partial charge in [-0.05, 0) is 36.8 Å². The Labute approximate surface area is 206 Å². The number of benzene rings is 1. The van der Waals surface area contributed by atoms with E-state index in [-0.39, 0.29) is 24.0 Å². The summed E-state index contributed by atoms with van der Waals surface area (Å²) in [6.45, 7) is 5.04. The van der Waals surface area contributed by atoms with E-state index in [4.69, 9.17) is 0 Å². The van der Waals surface area contributed by atoms with E-state index in [0.717, 1.165) is 25.9 Å². The molecule has 1 saturated heterocycles. The number of hydrogen-bond acceptors (Lipinski definition) is 5. The molecule has 7 nitrogen and oxygen atoms in total. The molecular weight excluding hydrogens is 545 g/mol. The third-order valence-electron chi connectivity index (χ3n) is 5.28. The monoisotopic (exact) mass is 577 g/mol. The van der Waals surface area contributed by atoms with Crippen molar-refractivity contribution >= 4 is 51.3 Å². The first kappa shape index (κ1) is 26.0. The summed E-state index contributed by atoms with van der Waals surface area (Å²) in [5.41, 5.74) is 1.35. The number of piperidine rings is 1. The Hall–Kier alpha value is -1.21. The van der Waals surface area contributed by atoms with Crippen LogP contribution in [0, 0.1) is 0 Å². The molecule has 2 unspecified atom stereocenters. The van der Waals surface area contributed by atoms with Gasteiger partial charge < -0.3 is 10.6 Å². The van der Waals surface area contributed by atoms with Crippen LogP contribution in [0.15, 0.2) is 57.0 Å². The van der Waals surface area contributed by atoms with Gasteiger partial charge in [-0.2, -0.15) is 0 Å². The second-order valence-electron chi connectivity index (χ2n) is 7.50. The van der Waals surface area contributed by atoms with Crippen LogP contribution in [-0.2, 0) is 16.6 Å². The molecule has 1 fully saturated rings. The summed E-state index contributed by atoms with van der Waals surface area (Å²) in [5.74, 6) is 0.707. The number of likely N-dealkylation sites (tertiary alicyclic amines) is 1. The van der Waals surface area contributed by atoms with E-state index < -0.39 is 10.0 Å². The number of rotatable bonds is 8. The van der Waals surface area contributed by atoms with Gasteiger partial charge in [0.15, 0.2) is 5.96 Å². The number of hydrogen-bond donors (Lipinski definition) is 3. The molecule has 0 bridgehead atoms. The largest absolute Gasteiger partial charge is 0.355 e. The van der Waals surface area contributed by atoms with Crippen LogP contribution in [0.1, 0.15) is 25.3 Å².